The Labute approximate surface area is 194 Å². The van der Waals surface area contributed by atoms with Crippen LogP contribution in [0.3, 0.4) is 0 Å². The van der Waals surface area contributed by atoms with Crippen LogP contribution in [0.4, 0.5) is 0 Å². The highest BCUT2D eigenvalue weighted by Gasteiger charge is 2.42. The van der Waals surface area contributed by atoms with Crippen molar-refractivity contribution in [3.05, 3.63) is 0 Å². The molecule has 3 nitrogen and oxygen atoms in total. The molecule has 0 aromatic carbocycles. The number of unbranched alkanes of at least 4 members (excludes halogenated alkanes) is 14. The van der Waals surface area contributed by atoms with E-state index in [4.69, 9.17) is 5.11 Å². The zero-order valence-electron chi connectivity index (χ0n) is 21.8. The van der Waals surface area contributed by atoms with Crippen molar-refractivity contribution in [2.24, 2.45) is 5.92 Å². The zero-order valence-corrected chi connectivity index (χ0v) is 21.8. The van der Waals surface area contributed by atoms with Gasteiger partial charge < -0.3 is 5.11 Å². The van der Waals surface area contributed by atoms with Crippen LogP contribution >= 0.6 is 0 Å². The first kappa shape index (κ1) is 28.5. The Morgan fingerprint density at radius 1 is 0.677 bits per heavy atom. The summed E-state index contributed by atoms with van der Waals surface area (Å²) in [5.41, 5.74) is 0.683. The van der Waals surface area contributed by atoms with Gasteiger partial charge in [0.05, 0.1) is 0 Å². The summed E-state index contributed by atoms with van der Waals surface area (Å²) >= 11 is 0. The maximum Gasteiger partial charge on any atom is 0.303 e. The molecule has 0 atom stereocenters. The van der Waals surface area contributed by atoms with E-state index in [1.807, 2.05) is 0 Å². The maximum absolute atomic E-state index is 10.5. The van der Waals surface area contributed by atoms with Crippen LogP contribution in [0, 0.1) is 5.92 Å². The summed E-state index contributed by atoms with van der Waals surface area (Å²) < 4.78 is 0. The Kier molecular flexibility index (Phi) is 14.0. The smallest absolute Gasteiger partial charge is 0.303 e. The Hall–Kier alpha value is -0.570. The summed E-state index contributed by atoms with van der Waals surface area (Å²) in [4.78, 5) is 13.1. The highest BCUT2D eigenvalue weighted by Crippen LogP contribution is 2.41. The summed E-state index contributed by atoms with van der Waals surface area (Å²) in [6.07, 6.45) is 24.4. The molecule has 0 aromatic rings. The number of hydrogen-bond acceptors (Lipinski definition) is 2. The summed E-state index contributed by atoms with van der Waals surface area (Å²) in [5, 5.41) is 8.62. The van der Waals surface area contributed by atoms with Gasteiger partial charge in [-0.25, -0.2) is 0 Å². The van der Waals surface area contributed by atoms with Crippen LogP contribution in [0.5, 0.6) is 0 Å². The molecule has 1 aliphatic heterocycles. The molecule has 1 N–H and O–H groups in total. The average Bonchev–Trinajstić information content (AvgIpc) is 2.67. The molecule has 0 aromatic heterocycles. The van der Waals surface area contributed by atoms with Crippen molar-refractivity contribution in [1.82, 2.24) is 4.90 Å². The molecule has 1 saturated heterocycles. The van der Waals surface area contributed by atoms with E-state index in [1.165, 1.54) is 103 Å². The molecular weight excluding hydrogens is 382 g/mol. The molecule has 0 amide bonds. The van der Waals surface area contributed by atoms with E-state index in [9.17, 15) is 4.79 Å². The molecular formula is C28H55NO2. The quantitative estimate of drug-likeness (QED) is 0.218. The van der Waals surface area contributed by atoms with Gasteiger partial charge in [-0.15, -0.1) is 0 Å². The van der Waals surface area contributed by atoms with Crippen LogP contribution in [0.25, 0.3) is 0 Å². The molecule has 0 radical (unpaired) electrons. The number of piperidine rings is 1. The highest BCUT2D eigenvalue weighted by atomic mass is 16.4. The molecule has 1 aliphatic rings. The topological polar surface area (TPSA) is 40.5 Å². The van der Waals surface area contributed by atoms with E-state index in [-0.39, 0.29) is 0 Å². The number of nitrogens with zero attached hydrogens (tertiary/aromatic N) is 1. The minimum atomic E-state index is -0.652. The molecule has 0 aliphatic carbocycles. The second kappa shape index (κ2) is 15.3. The summed E-state index contributed by atoms with van der Waals surface area (Å²) in [5.74, 6) is 0.256. The van der Waals surface area contributed by atoms with Gasteiger partial charge in [0.25, 0.3) is 0 Å². The second-order valence-electron chi connectivity index (χ2n) is 11.7. The van der Waals surface area contributed by atoms with Gasteiger partial charge in [0.1, 0.15) is 0 Å². The molecule has 31 heavy (non-hydrogen) atoms. The fourth-order valence-electron chi connectivity index (χ4n) is 5.79. The van der Waals surface area contributed by atoms with Crippen LogP contribution in [-0.4, -0.2) is 34.1 Å². The van der Waals surface area contributed by atoms with Gasteiger partial charge in [-0.3, -0.25) is 9.69 Å². The number of carboxylic acids is 1. The van der Waals surface area contributed by atoms with Gasteiger partial charge in [0, 0.05) is 17.5 Å². The van der Waals surface area contributed by atoms with Crippen LogP contribution < -0.4 is 0 Å². The minimum absolute atomic E-state index is 0.342. The number of hydrogen-bond donors (Lipinski definition) is 1. The van der Waals surface area contributed by atoms with Crippen molar-refractivity contribution < 1.29 is 9.90 Å². The average molecular weight is 438 g/mol. The van der Waals surface area contributed by atoms with Crippen LogP contribution in [-0.2, 0) is 4.79 Å². The van der Waals surface area contributed by atoms with Crippen molar-refractivity contribution in [1.29, 1.82) is 0 Å². The standard InChI is InChI=1S/C28H55NO2/c1-27(2)23-25(24-28(3,4)29(27)5)21-19-17-15-13-11-9-7-6-8-10-12-14-16-18-20-22-26(30)31/h25H,6-24H2,1-5H3,(H,30,31). The van der Waals surface area contributed by atoms with E-state index >= 15 is 0 Å². The lowest BCUT2D eigenvalue weighted by Crippen LogP contribution is -2.58. The Balaban J connectivity index is 1.85. The molecule has 184 valence electrons. The summed E-state index contributed by atoms with van der Waals surface area (Å²) in [6.45, 7) is 9.69. The lowest BCUT2D eigenvalue weighted by atomic mass is 9.72. The van der Waals surface area contributed by atoms with Crippen LogP contribution in [0.2, 0.25) is 0 Å². The fourth-order valence-corrected chi connectivity index (χ4v) is 5.79. The monoisotopic (exact) mass is 437 g/mol. The van der Waals surface area contributed by atoms with Crippen LogP contribution in [0.15, 0.2) is 0 Å². The third kappa shape index (κ3) is 12.9. The van der Waals surface area contributed by atoms with Crippen molar-refractivity contribution >= 4 is 5.97 Å². The third-order valence-electron chi connectivity index (χ3n) is 7.90. The highest BCUT2D eigenvalue weighted by molar-refractivity contribution is 5.66. The van der Waals surface area contributed by atoms with E-state index < -0.39 is 5.97 Å². The summed E-state index contributed by atoms with van der Waals surface area (Å²) in [7, 11) is 2.31. The summed E-state index contributed by atoms with van der Waals surface area (Å²) in [6, 6.07) is 0. The van der Waals surface area contributed by atoms with E-state index in [2.05, 4.69) is 39.6 Å². The Morgan fingerprint density at radius 3 is 1.35 bits per heavy atom. The predicted molar refractivity (Wildman–Crippen MR) is 135 cm³/mol. The normalized spacial score (nSPS) is 19.0. The molecule has 0 unspecified atom stereocenters. The zero-order chi connectivity index (χ0) is 23.2. The molecule has 1 rings (SSSR count). The largest absolute Gasteiger partial charge is 0.481 e. The van der Waals surface area contributed by atoms with Crippen molar-refractivity contribution in [3.8, 4) is 0 Å². The van der Waals surface area contributed by atoms with Gasteiger partial charge in [-0.05, 0) is 59.9 Å². The lowest BCUT2D eigenvalue weighted by Gasteiger charge is -2.54. The predicted octanol–water partition coefficient (Wildman–Crippen LogP) is 8.60. The molecule has 0 saturated carbocycles. The molecule has 3 heteroatoms. The lowest BCUT2D eigenvalue weighted by molar-refractivity contribution is -0.137. The second-order valence-corrected chi connectivity index (χ2v) is 11.7. The van der Waals surface area contributed by atoms with Gasteiger partial charge in [0.15, 0.2) is 0 Å². The van der Waals surface area contributed by atoms with Gasteiger partial charge in [-0.2, -0.15) is 0 Å². The van der Waals surface area contributed by atoms with Crippen molar-refractivity contribution in [3.63, 3.8) is 0 Å². The van der Waals surface area contributed by atoms with E-state index in [1.54, 1.807) is 0 Å². The van der Waals surface area contributed by atoms with E-state index in [0.717, 1.165) is 18.8 Å². The first-order chi connectivity index (χ1) is 14.6. The SMILES string of the molecule is CN1C(C)(C)CC(CCCCCCCCCCCCCCCCCC(=O)O)CC1(C)C. The number of likely N-dealkylation sites (tertiary alicyclic amines) is 1. The molecule has 0 bridgehead atoms. The number of rotatable bonds is 18. The first-order valence-electron chi connectivity index (χ1n) is 13.6. The Bertz CT molecular complexity index is 454. The number of aliphatic carboxylic acids is 1. The molecule has 1 heterocycles. The molecule has 0 spiro atoms. The van der Waals surface area contributed by atoms with Gasteiger partial charge in [0.2, 0.25) is 0 Å². The number of carboxylic acid groups (broad SMARTS) is 1. The number of carbonyl (C=O) groups is 1. The van der Waals surface area contributed by atoms with E-state index in [0.29, 0.717) is 17.5 Å². The van der Waals surface area contributed by atoms with Gasteiger partial charge >= 0.3 is 5.97 Å². The maximum atomic E-state index is 10.5. The third-order valence-corrected chi connectivity index (χ3v) is 7.90. The van der Waals surface area contributed by atoms with Crippen LogP contribution in [0.1, 0.15) is 150 Å². The first-order valence-corrected chi connectivity index (χ1v) is 13.6. The fraction of sp³-hybridized carbons (Fsp3) is 0.964. The Morgan fingerprint density at radius 2 is 1.00 bits per heavy atom. The van der Waals surface area contributed by atoms with Gasteiger partial charge in [-0.1, -0.05) is 96.3 Å². The van der Waals surface area contributed by atoms with Crippen molar-refractivity contribution in [2.45, 2.75) is 161 Å². The molecule has 1 fully saturated rings. The van der Waals surface area contributed by atoms with Crippen molar-refractivity contribution in [2.75, 3.05) is 7.05 Å². The minimum Gasteiger partial charge on any atom is -0.481 e.